The van der Waals surface area contributed by atoms with Crippen LogP contribution in [0.25, 0.3) is 0 Å². The third-order valence-corrected chi connectivity index (χ3v) is 5.60. The van der Waals surface area contributed by atoms with Gasteiger partial charge in [-0.15, -0.1) is 0 Å². The highest BCUT2D eigenvalue weighted by atomic mass is 35.5. The van der Waals surface area contributed by atoms with Gasteiger partial charge in [0, 0.05) is 22.7 Å². The second-order valence-electron chi connectivity index (χ2n) is 7.53. The van der Waals surface area contributed by atoms with E-state index in [0.29, 0.717) is 39.9 Å². The molecule has 0 saturated carbocycles. The molecule has 2 N–H and O–H groups in total. The Morgan fingerprint density at radius 1 is 0.939 bits per heavy atom. The molecular weight excluding hydrogens is 444 g/mol. The van der Waals surface area contributed by atoms with Crippen LogP contribution in [0.5, 0.6) is 17.2 Å². The summed E-state index contributed by atoms with van der Waals surface area (Å²) in [5.74, 6) is 0.594. The van der Waals surface area contributed by atoms with Gasteiger partial charge < -0.3 is 24.8 Å². The summed E-state index contributed by atoms with van der Waals surface area (Å²) in [6.45, 7) is 0.255. The third kappa shape index (κ3) is 5.04. The number of fused-ring (bicyclic) bond motifs is 1. The van der Waals surface area contributed by atoms with Gasteiger partial charge in [-0.05, 0) is 42.3 Å². The molecule has 2 amide bonds. The molecule has 0 aliphatic carbocycles. The molecule has 0 spiro atoms. The Hall–Kier alpha value is -3.71. The van der Waals surface area contributed by atoms with Gasteiger partial charge in [0.2, 0.25) is 5.91 Å². The van der Waals surface area contributed by atoms with Crippen molar-refractivity contribution in [1.82, 2.24) is 0 Å². The highest BCUT2D eigenvalue weighted by Gasteiger charge is 2.27. The van der Waals surface area contributed by atoms with Gasteiger partial charge in [0.05, 0.1) is 31.5 Å². The number of anilines is 2. The Morgan fingerprint density at radius 2 is 1.61 bits per heavy atom. The van der Waals surface area contributed by atoms with E-state index in [1.54, 1.807) is 42.5 Å². The Morgan fingerprint density at radius 3 is 2.27 bits per heavy atom. The highest BCUT2D eigenvalue weighted by molar-refractivity contribution is 6.30. The predicted octanol–water partition coefficient (Wildman–Crippen LogP) is 4.80. The summed E-state index contributed by atoms with van der Waals surface area (Å²) in [4.78, 5) is 25.6. The van der Waals surface area contributed by atoms with Gasteiger partial charge in [-0.2, -0.15) is 0 Å². The van der Waals surface area contributed by atoms with E-state index in [-0.39, 0.29) is 18.4 Å². The largest absolute Gasteiger partial charge is 0.494 e. The average molecular weight is 467 g/mol. The molecule has 0 radical (unpaired) electrons. The minimum absolute atomic E-state index is 0.220. The Bertz CT molecular complexity index is 1180. The molecule has 1 unspecified atom stereocenters. The number of rotatable bonds is 6. The van der Waals surface area contributed by atoms with E-state index in [0.717, 1.165) is 11.3 Å². The summed E-state index contributed by atoms with van der Waals surface area (Å²) in [5, 5.41) is 6.31. The summed E-state index contributed by atoms with van der Waals surface area (Å²) in [7, 11) is 2.98. The number of ether oxygens (including phenoxy) is 3. The minimum Gasteiger partial charge on any atom is -0.494 e. The van der Waals surface area contributed by atoms with Crippen molar-refractivity contribution in [3.8, 4) is 17.2 Å². The van der Waals surface area contributed by atoms with Crippen molar-refractivity contribution in [3.63, 3.8) is 0 Å². The smallest absolute Gasteiger partial charge is 0.255 e. The van der Waals surface area contributed by atoms with Gasteiger partial charge in [0.25, 0.3) is 5.91 Å². The maximum atomic E-state index is 13.0. The molecule has 170 valence electrons. The van der Waals surface area contributed by atoms with Crippen LogP contribution in [0.3, 0.4) is 0 Å². The summed E-state index contributed by atoms with van der Waals surface area (Å²) >= 11 is 6.08. The van der Waals surface area contributed by atoms with Crippen molar-refractivity contribution in [2.24, 2.45) is 5.92 Å². The number of benzene rings is 3. The van der Waals surface area contributed by atoms with E-state index >= 15 is 0 Å². The van der Waals surface area contributed by atoms with Gasteiger partial charge >= 0.3 is 0 Å². The fourth-order valence-electron chi connectivity index (χ4n) is 3.64. The normalized spacial score (nSPS) is 14.5. The Labute approximate surface area is 196 Å². The van der Waals surface area contributed by atoms with Crippen LogP contribution in [0.4, 0.5) is 11.4 Å². The van der Waals surface area contributed by atoms with Gasteiger partial charge in [-0.25, -0.2) is 0 Å². The molecule has 7 nitrogen and oxygen atoms in total. The molecule has 1 atom stereocenters. The lowest BCUT2D eigenvalue weighted by Gasteiger charge is -2.25. The van der Waals surface area contributed by atoms with Crippen molar-refractivity contribution < 1.29 is 23.8 Å². The number of amides is 2. The number of hydrogen-bond donors (Lipinski definition) is 2. The zero-order valence-electron chi connectivity index (χ0n) is 18.2. The van der Waals surface area contributed by atoms with Crippen molar-refractivity contribution >= 4 is 34.8 Å². The summed E-state index contributed by atoms with van der Waals surface area (Å²) in [6.07, 6.45) is 0.506. The first-order chi connectivity index (χ1) is 16.0. The quantitative estimate of drug-likeness (QED) is 0.545. The van der Waals surface area contributed by atoms with Crippen LogP contribution in [0.1, 0.15) is 15.9 Å². The molecule has 1 heterocycles. The number of carbonyl (C=O) groups is 2. The highest BCUT2D eigenvalue weighted by Crippen LogP contribution is 2.37. The number of hydrogen-bond acceptors (Lipinski definition) is 5. The van der Waals surface area contributed by atoms with Crippen LogP contribution in [0, 0.1) is 5.92 Å². The molecule has 0 saturated heterocycles. The van der Waals surface area contributed by atoms with Crippen LogP contribution < -0.4 is 24.8 Å². The molecule has 33 heavy (non-hydrogen) atoms. The number of carbonyl (C=O) groups excluding carboxylic acids is 2. The van der Waals surface area contributed by atoms with E-state index < -0.39 is 5.92 Å². The first-order valence-electron chi connectivity index (χ1n) is 10.3. The summed E-state index contributed by atoms with van der Waals surface area (Å²) in [6, 6.07) is 17.4. The summed E-state index contributed by atoms with van der Waals surface area (Å²) < 4.78 is 16.6. The van der Waals surface area contributed by atoms with Crippen molar-refractivity contribution in [1.29, 1.82) is 0 Å². The molecule has 1 aliphatic heterocycles. The molecule has 3 aromatic carbocycles. The van der Waals surface area contributed by atoms with Gasteiger partial charge in [-0.3, -0.25) is 9.59 Å². The lowest BCUT2D eigenvalue weighted by Crippen LogP contribution is -2.32. The molecule has 0 bridgehead atoms. The third-order valence-electron chi connectivity index (χ3n) is 5.36. The molecule has 1 aliphatic rings. The fourth-order valence-corrected chi connectivity index (χ4v) is 3.84. The zero-order valence-corrected chi connectivity index (χ0v) is 18.9. The summed E-state index contributed by atoms with van der Waals surface area (Å²) in [5.41, 5.74) is 2.24. The molecule has 8 heteroatoms. The Balaban J connectivity index is 1.53. The van der Waals surface area contributed by atoms with Crippen LogP contribution in [-0.2, 0) is 11.2 Å². The standard InChI is InChI=1S/C25H23ClN2O5/c1-31-22-13-20(23(32-2)12-19(22)27-24(29)15-6-4-3-5-7-15)28-25(30)17-10-16-11-18(26)8-9-21(16)33-14-17/h3-9,11-13,17H,10,14H2,1-2H3,(H,27,29)(H,28,30). The first-order valence-corrected chi connectivity index (χ1v) is 10.7. The van der Waals surface area contributed by atoms with E-state index in [1.165, 1.54) is 14.2 Å². The van der Waals surface area contributed by atoms with E-state index in [4.69, 9.17) is 25.8 Å². The molecular formula is C25H23ClN2O5. The number of nitrogens with one attached hydrogen (secondary N) is 2. The van der Waals surface area contributed by atoms with Crippen molar-refractivity contribution in [3.05, 3.63) is 76.8 Å². The van der Waals surface area contributed by atoms with Gasteiger partial charge in [0.1, 0.15) is 23.9 Å². The molecule has 4 rings (SSSR count). The minimum atomic E-state index is -0.399. The van der Waals surface area contributed by atoms with Crippen LogP contribution in [0.15, 0.2) is 60.7 Å². The number of halogens is 1. The van der Waals surface area contributed by atoms with Crippen LogP contribution in [-0.4, -0.2) is 32.6 Å². The van der Waals surface area contributed by atoms with E-state index in [1.807, 2.05) is 18.2 Å². The SMILES string of the molecule is COc1cc(NC(=O)C2COc3ccc(Cl)cc3C2)c(OC)cc1NC(=O)c1ccccc1. The first kappa shape index (κ1) is 22.5. The lowest BCUT2D eigenvalue weighted by molar-refractivity contribution is -0.121. The lowest BCUT2D eigenvalue weighted by atomic mass is 9.96. The monoisotopic (exact) mass is 466 g/mol. The molecule has 0 fully saturated rings. The van der Waals surface area contributed by atoms with Crippen molar-refractivity contribution in [2.75, 3.05) is 31.5 Å². The molecule has 3 aromatic rings. The maximum Gasteiger partial charge on any atom is 0.255 e. The topological polar surface area (TPSA) is 85.9 Å². The zero-order chi connectivity index (χ0) is 23.4. The Kier molecular flexibility index (Phi) is 6.70. The number of methoxy groups -OCH3 is 2. The average Bonchev–Trinajstić information content (AvgIpc) is 2.84. The van der Waals surface area contributed by atoms with Gasteiger partial charge in [0.15, 0.2) is 0 Å². The van der Waals surface area contributed by atoms with Crippen molar-refractivity contribution in [2.45, 2.75) is 6.42 Å². The van der Waals surface area contributed by atoms with E-state index in [2.05, 4.69) is 10.6 Å². The van der Waals surface area contributed by atoms with Gasteiger partial charge in [-0.1, -0.05) is 29.8 Å². The maximum absolute atomic E-state index is 13.0. The van der Waals surface area contributed by atoms with Crippen LogP contribution >= 0.6 is 11.6 Å². The van der Waals surface area contributed by atoms with Crippen LogP contribution in [0.2, 0.25) is 5.02 Å². The second-order valence-corrected chi connectivity index (χ2v) is 7.96. The predicted molar refractivity (Wildman–Crippen MR) is 127 cm³/mol. The fraction of sp³-hybridized carbons (Fsp3) is 0.200. The molecule has 0 aromatic heterocycles. The second kappa shape index (κ2) is 9.83. The van der Waals surface area contributed by atoms with E-state index in [9.17, 15) is 9.59 Å².